The number of rotatable bonds is 4. The van der Waals surface area contributed by atoms with Gasteiger partial charge in [-0.3, -0.25) is 10.1 Å². The van der Waals surface area contributed by atoms with Crippen molar-refractivity contribution < 1.29 is 4.79 Å². The van der Waals surface area contributed by atoms with Crippen LogP contribution in [0, 0.1) is 0 Å². The molecule has 4 heteroatoms. The number of nitrogens with one attached hydrogen (secondary N) is 2. The van der Waals surface area contributed by atoms with Crippen molar-refractivity contribution >= 4 is 17.7 Å². The highest BCUT2D eigenvalue weighted by atomic mass is 32.2. The third-order valence-corrected chi connectivity index (χ3v) is 3.72. The maximum absolute atomic E-state index is 11.4. The van der Waals surface area contributed by atoms with Gasteiger partial charge in [-0.2, -0.15) is 0 Å². The van der Waals surface area contributed by atoms with Gasteiger partial charge in [-0.05, 0) is 20.3 Å². The Hall–Kier alpha value is -0.220. The van der Waals surface area contributed by atoms with E-state index in [0.717, 1.165) is 18.7 Å². The molecule has 1 rings (SSSR count). The van der Waals surface area contributed by atoms with E-state index in [2.05, 4.69) is 31.4 Å². The van der Waals surface area contributed by atoms with Gasteiger partial charge >= 0.3 is 0 Å². The average molecular weight is 216 g/mol. The van der Waals surface area contributed by atoms with E-state index in [1.807, 2.05) is 11.8 Å². The molecule has 0 saturated carbocycles. The Kier molecular flexibility index (Phi) is 4.26. The number of hydrogen-bond acceptors (Lipinski definition) is 3. The maximum atomic E-state index is 11.4. The summed E-state index contributed by atoms with van der Waals surface area (Å²) in [4.78, 5) is 11.4. The van der Waals surface area contributed by atoms with Crippen LogP contribution in [-0.2, 0) is 4.79 Å². The monoisotopic (exact) mass is 216 g/mol. The van der Waals surface area contributed by atoms with Crippen molar-refractivity contribution in [1.82, 2.24) is 10.6 Å². The predicted octanol–water partition coefficient (Wildman–Crippen LogP) is 1.34. The summed E-state index contributed by atoms with van der Waals surface area (Å²) < 4.78 is 0. The summed E-state index contributed by atoms with van der Waals surface area (Å²) in [6, 6.07) is 0. The highest BCUT2D eigenvalue weighted by Gasteiger charge is 2.31. The second kappa shape index (κ2) is 5.03. The van der Waals surface area contributed by atoms with Gasteiger partial charge in [0.15, 0.2) is 0 Å². The fraction of sp³-hybridized carbons (Fsp3) is 0.900. The number of carbonyl (C=O) groups is 1. The standard InChI is InChI=1S/C10H20N2OS/c1-4-5-11-8(13)6-9-12-10(2,3)7-14-9/h9,12H,4-7H2,1-3H3,(H,11,13). The summed E-state index contributed by atoms with van der Waals surface area (Å²) in [5.41, 5.74) is 0.181. The molecule has 1 fully saturated rings. The SMILES string of the molecule is CCCNC(=O)CC1NC(C)(C)CS1. The number of carbonyl (C=O) groups excluding carboxylic acids is 1. The molecule has 0 spiro atoms. The van der Waals surface area contributed by atoms with Crippen molar-refractivity contribution in [2.45, 2.75) is 44.5 Å². The van der Waals surface area contributed by atoms with Crippen molar-refractivity contribution in [1.29, 1.82) is 0 Å². The minimum absolute atomic E-state index is 0.162. The van der Waals surface area contributed by atoms with E-state index in [4.69, 9.17) is 0 Å². The van der Waals surface area contributed by atoms with Crippen LogP contribution in [-0.4, -0.2) is 29.1 Å². The van der Waals surface area contributed by atoms with Crippen molar-refractivity contribution in [2.24, 2.45) is 0 Å². The Morgan fingerprint density at radius 2 is 2.36 bits per heavy atom. The second-order valence-corrected chi connectivity index (χ2v) is 5.57. The molecule has 82 valence electrons. The van der Waals surface area contributed by atoms with Crippen LogP contribution in [0.25, 0.3) is 0 Å². The lowest BCUT2D eigenvalue weighted by atomic mass is 10.1. The highest BCUT2D eigenvalue weighted by molar-refractivity contribution is 8.00. The Labute approximate surface area is 90.4 Å². The van der Waals surface area contributed by atoms with Crippen LogP contribution >= 0.6 is 11.8 Å². The maximum Gasteiger partial charge on any atom is 0.222 e. The van der Waals surface area contributed by atoms with E-state index in [0.29, 0.717) is 11.8 Å². The molecular formula is C10H20N2OS. The molecule has 1 unspecified atom stereocenters. The van der Waals surface area contributed by atoms with Gasteiger partial charge in [0.2, 0.25) is 5.91 Å². The molecule has 1 atom stereocenters. The van der Waals surface area contributed by atoms with E-state index in [9.17, 15) is 4.79 Å². The molecule has 1 aliphatic heterocycles. The van der Waals surface area contributed by atoms with Crippen LogP contribution < -0.4 is 10.6 Å². The lowest BCUT2D eigenvalue weighted by molar-refractivity contribution is -0.121. The van der Waals surface area contributed by atoms with Gasteiger partial charge < -0.3 is 5.32 Å². The number of thioether (sulfide) groups is 1. The van der Waals surface area contributed by atoms with Crippen molar-refractivity contribution in [2.75, 3.05) is 12.3 Å². The number of amides is 1. The van der Waals surface area contributed by atoms with Gasteiger partial charge in [0.25, 0.3) is 0 Å². The van der Waals surface area contributed by atoms with E-state index in [1.54, 1.807) is 0 Å². The first-order valence-electron chi connectivity index (χ1n) is 5.19. The Morgan fingerprint density at radius 1 is 1.64 bits per heavy atom. The summed E-state index contributed by atoms with van der Waals surface area (Å²) >= 11 is 1.84. The molecular weight excluding hydrogens is 196 g/mol. The van der Waals surface area contributed by atoms with E-state index in [1.165, 1.54) is 0 Å². The fourth-order valence-corrected chi connectivity index (χ4v) is 2.82. The van der Waals surface area contributed by atoms with Gasteiger partial charge in [-0.15, -0.1) is 11.8 Å². The minimum Gasteiger partial charge on any atom is -0.356 e. The zero-order chi connectivity index (χ0) is 10.6. The Balaban J connectivity index is 2.22. The van der Waals surface area contributed by atoms with Crippen LogP contribution in [0.15, 0.2) is 0 Å². The lowest BCUT2D eigenvalue weighted by Gasteiger charge is -2.18. The molecule has 0 aromatic carbocycles. The zero-order valence-electron chi connectivity index (χ0n) is 9.22. The van der Waals surface area contributed by atoms with Gasteiger partial charge in [0.1, 0.15) is 0 Å². The molecule has 1 aliphatic rings. The molecule has 1 heterocycles. The topological polar surface area (TPSA) is 41.1 Å². The average Bonchev–Trinajstić information content (AvgIpc) is 2.42. The molecule has 0 bridgehead atoms. The van der Waals surface area contributed by atoms with Crippen LogP contribution in [0.4, 0.5) is 0 Å². The second-order valence-electron chi connectivity index (χ2n) is 4.38. The van der Waals surface area contributed by atoms with Gasteiger partial charge in [0.05, 0.1) is 11.8 Å². The molecule has 3 nitrogen and oxygen atoms in total. The van der Waals surface area contributed by atoms with Gasteiger partial charge in [-0.25, -0.2) is 0 Å². The quantitative estimate of drug-likeness (QED) is 0.745. The Bertz CT molecular complexity index is 206. The third-order valence-electron chi connectivity index (χ3n) is 2.14. The molecule has 0 aromatic heterocycles. The van der Waals surface area contributed by atoms with Gasteiger partial charge in [-0.1, -0.05) is 6.92 Å². The first-order chi connectivity index (χ1) is 6.53. The van der Waals surface area contributed by atoms with Crippen molar-refractivity contribution in [3.8, 4) is 0 Å². The van der Waals surface area contributed by atoms with Crippen molar-refractivity contribution in [3.05, 3.63) is 0 Å². The smallest absolute Gasteiger partial charge is 0.222 e. The molecule has 0 radical (unpaired) electrons. The molecule has 2 N–H and O–H groups in total. The van der Waals surface area contributed by atoms with Crippen LogP contribution in [0.5, 0.6) is 0 Å². The molecule has 1 saturated heterocycles. The van der Waals surface area contributed by atoms with Crippen LogP contribution in [0.1, 0.15) is 33.6 Å². The predicted molar refractivity (Wildman–Crippen MR) is 61.4 cm³/mol. The molecule has 1 amide bonds. The highest BCUT2D eigenvalue weighted by Crippen LogP contribution is 2.27. The van der Waals surface area contributed by atoms with E-state index >= 15 is 0 Å². The summed E-state index contributed by atoms with van der Waals surface area (Å²) in [7, 11) is 0. The first-order valence-corrected chi connectivity index (χ1v) is 6.24. The summed E-state index contributed by atoms with van der Waals surface area (Å²) in [6.07, 6.45) is 1.59. The van der Waals surface area contributed by atoms with E-state index < -0.39 is 0 Å². The largest absolute Gasteiger partial charge is 0.356 e. The van der Waals surface area contributed by atoms with Crippen molar-refractivity contribution in [3.63, 3.8) is 0 Å². The summed E-state index contributed by atoms with van der Waals surface area (Å²) in [5.74, 6) is 1.24. The van der Waals surface area contributed by atoms with Crippen LogP contribution in [0.3, 0.4) is 0 Å². The molecule has 0 aliphatic carbocycles. The third kappa shape index (κ3) is 3.88. The number of hydrogen-bond donors (Lipinski definition) is 2. The van der Waals surface area contributed by atoms with Gasteiger partial charge in [0, 0.05) is 17.8 Å². The molecule has 14 heavy (non-hydrogen) atoms. The summed E-state index contributed by atoms with van der Waals surface area (Å²) in [5, 5.41) is 6.63. The normalized spacial score (nSPS) is 24.9. The molecule has 0 aromatic rings. The van der Waals surface area contributed by atoms with E-state index in [-0.39, 0.29) is 11.4 Å². The lowest BCUT2D eigenvalue weighted by Crippen LogP contribution is -2.40. The summed E-state index contributed by atoms with van der Waals surface area (Å²) in [6.45, 7) is 7.19. The Morgan fingerprint density at radius 3 is 2.86 bits per heavy atom. The first kappa shape index (κ1) is 11.9. The van der Waals surface area contributed by atoms with Crippen LogP contribution in [0.2, 0.25) is 0 Å². The minimum atomic E-state index is 0.162. The fourth-order valence-electron chi connectivity index (χ4n) is 1.44. The zero-order valence-corrected chi connectivity index (χ0v) is 10.0.